The standard InChI is InChI=1S/C26H26N2O2.C25H24N2O2/c1-30-26(29)23-16-21(19-10-11-19)17-27-24(23)15-18-9-12-25-20(14-18)6-5-13-28(25)22-7-3-2-4-8-22;28-25(29)22-15-20(18-9-10-18)16-26-23(22)14-17-8-11-24-19(13-17)5-4-12-27(24)21-6-2-1-3-7-21/h2-4,7-9,12,14,16-17,19H,5-6,10-11,13,15H2,1H3;1-3,6-8,11,13,15-16,18H,4-5,9-10,12,14H2,(H,28,29). The van der Waals surface area contributed by atoms with Gasteiger partial charge in [0.2, 0.25) is 0 Å². The van der Waals surface area contributed by atoms with Gasteiger partial charge in [-0.05, 0) is 145 Å². The second-order valence-corrected chi connectivity index (χ2v) is 16.3. The van der Waals surface area contributed by atoms with Crippen LogP contribution < -0.4 is 9.80 Å². The number of carbonyl (C=O) groups excluding carboxylic acids is 1. The lowest BCUT2D eigenvalue weighted by atomic mass is 9.95. The van der Waals surface area contributed by atoms with Gasteiger partial charge in [0.1, 0.15) is 0 Å². The van der Waals surface area contributed by atoms with Crippen molar-refractivity contribution in [2.45, 2.75) is 76.0 Å². The van der Waals surface area contributed by atoms with Gasteiger partial charge in [-0.15, -0.1) is 0 Å². The summed E-state index contributed by atoms with van der Waals surface area (Å²) in [6.07, 6.45) is 14.0. The highest BCUT2D eigenvalue weighted by Crippen LogP contribution is 2.42. The number of carboxylic acid groups (broad SMARTS) is 1. The van der Waals surface area contributed by atoms with Gasteiger partial charge >= 0.3 is 11.9 Å². The van der Waals surface area contributed by atoms with E-state index in [1.165, 1.54) is 59.4 Å². The van der Waals surface area contributed by atoms with Gasteiger partial charge in [0.05, 0.1) is 29.6 Å². The highest BCUT2D eigenvalue weighted by atomic mass is 16.5. The predicted molar refractivity (Wildman–Crippen MR) is 233 cm³/mol. The van der Waals surface area contributed by atoms with Crippen LogP contribution in [0.5, 0.6) is 0 Å². The molecule has 2 aliphatic heterocycles. The number of aromatic carboxylic acids is 1. The zero-order chi connectivity index (χ0) is 40.3. The van der Waals surface area contributed by atoms with Gasteiger partial charge in [0.15, 0.2) is 0 Å². The molecule has 1 N–H and O–H groups in total. The van der Waals surface area contributed by atoms with Gasteiger partial charge in [0, 0.05) is 61.1 Å². The molecule has 8 heteroatoms. The fraction of sp³-hybridized carbons (Fsp3) is 0.294. The highest BCUT2D eigenvalue weighted by molar-refractivity contribution is 5.91. The van der Waals surface area contributed by atoms with Crippen LogP contribution in [-0.2, 0) is 30.4 Å². The molecule has 8 nitrogen and oxygen atoms in total. The Kier molecular flexibility index (Phi) is 11.0. The maximum Gasteiger partial charge on any atom is 0.339 e. The predicted octanol–water partition coefficient (Wildman–Crippen LogP) is 10.8. The topological polar surface area (TPSA) is 95.9 Å². The van der Waals surface area contributed by atoms with Crippen molar-refractivity contribution < 1.29 is 19.4 Å². The maximum absolute atomic E-state index is 12.4. The number of fused-ring (bicyclic) bond motifs is 2. The van der Waals surface area contributed by atoms with Crippen molar-refractivity contribution in [1.82, 2.24) is 9.97 Å². The molecule has 2 saturated carbocycles. The number of hydrogen-bond acceptors (Lipinski definition) is 7. The summed E-state index contributed by atoms with van der Waals surface area (Å²) in [4.78, 5) is 38.1. The van der Waals surface area contributed by atoms with Crippen molar-refractivity contribution in [3.8, 4) is 0 Å². The molecule has 4 aliphatic rings. The van der Waals surface area contributed by atoms with Crippen molar-refractivity contribution in [2.24, 2.45) is 0 Å². The number of ether oxygens (including phenoxy) is 1. The van der Waals surface area contributed by atoms with E-state index in [0.29, 0.717) is 41.5 Å². The molecule has 0 saturated heterocycles. The first-order valence-corrected chi connectivity index (χ1v) is 21.1. The third-order valence-corrected chi connectivity index (χ3v) is 12.1. The third-order valence-electron chi connectivity index (χ3n) is 12.1. The van der Waals surface area contributed by atoms with Crippen LogP contribution in [0.25, 0.3) is 0 Å². The summed E-state index contributed by atoms with van der Waals surface area (Å²) in [6, 6.07) is 38.0. The first-order chi connectivity index (χ1) is 28.9. The molecule has 0 atom stereocenters. The number of aryl methyl sites for hydroxylation is 2. The summed E-state index contributed by atoms with van der Waals surface area (Å²) in [7, 11) is 1.44. The van der Waals surface area contributed by atoms with Crippen molar-refractivity contribution in [3.05, 3.63) is 177 Å². The Morgan fingerprint density at radius 1 is 0.627 bits per heavy atom. The molecule has 6 aromatic rings. The molecule has 2 aromatic heterocycles. The Balaban J connectivity index is 0.000000152. The molecule has 2 fully saturated rings. The van der Waals surface area contributed by atoms with Crippen LogP contribution in [0.2, 0.25) is 0 Å². The van der Waals surface area contributed by atoms with Crippen LogP contribution in [0.15, 0.2) is 122 Å². The maximum atomic E-state index is 12.4. The summed E-state index contributed by atoms with van der Waals surface area (Å²) < 4.78 is 5.04. The molecular weight excluding hydrogens is 733 g/mol. The number of hydrogen-bond donors (Lipinski definition) is 1. The molecule has 0 bridgehead atoms. The second kappa shape index (κ2) is 16.9. The molecule has 298 valence electrons. The number of methoxy groups -OCH3 is 1. The van der Waals surface area contributed by atoms with Gasteiger partial charge in [-0.3, -0.25) is 9.97 Å². The van der Waals surface area contributed by atoms with Crippen LogP contribution in [-0.4, -0.2) is 47.2 Å². The third kappa shape index (κ3) is 8.63. The van der Waals surface area contributed by atoms with Crippen LogP contribution in [0.4, 0.5) is 22.7 Å². The van der Waals surface area contributed by atoms with E-state index < -0.39 is 5.97 Å². The van der Waals surface area contributed by atoms with E-state index in [2.05, 4.69) is 111 Å². The summed E-state index contributed by atoms with van der Waals surface area (Å²) in [5, 5.41) is 9.68. The van der Waals surface area contributed by atoms with E-state index in [0.717, 1.165) is 74.0 Å². The Labute approximate surface area is 346 Å². The molecule has 0 amide bonds. The number of carbonyl (C=O) groups is 2. The van der Waals surface area contributed by atoms with E-state index in [4.69, 9.17) is 4.74 Å². The molecule has 10 rings (SSSR count). The smallest absolute Gasteiger partial charge is 0.339 e. The van der Waals surface area contributed by atoms with Gasteiger partial charge in [-0.25, -0.2) is 9.59 Å². The van der Waals surface area contributed by atoms with Gasteiger partial charge in [-0.2, -0.15) is 0 Å². The van der Waals surface area contributed by atoms with Gasteiger partial charge < -0.3 is 19.6 Å². The number of para-hydroxylation sites is 2. The van der Waals surface area contributed by atoms with Crippen molar-refractivity contribution in [3.63, 3.8) is 0 Å². The van der Waals surface area contributed by atoms with E-state index in [1.807, 2.05) is 30.6 Å². The number of esters is 1. The summed E-state index contributed by atoms with van der Waals surface area (Å²) in [5.74, 6) is -0.124. The van der Waals surface area contributed by atoms with Gasteiger partial charge in [0.25, 0.3) is 0 Å². The van der Waals surface area contributed by atoms with E-state index in [-0.39, 0.29) is 5.97 Å². The lowest BCUT2D eigenvalue weighted by Gasteiger charge is -2.31. The van der Waals surface area contributed by atoms with Crippen LogP contribution in [0, 0.1) is 0 Å². The molecule has 0 spiro atoms. The molecule has 0 unspecified atom stereocenters. The number of rotatable bonds is 10. The summed E-state index contributed by atoms with van der Waals surface area (Å²) in [6.45, 7) is 2.05. The SMILES string of the molecule is COC(=O)c1cc(C2CC2)cnc1Cc1ccc2c(c1)CCCN2c1ccccc1.O=C(O)c1cc(C2CC2)cnc1Cc1ccc2c(c1)CCCN2c1ccccc1. The Hall–Kier alpha value is -6.28. The number of benzene rings is 4. The quantitative estimate of drug-likeness (QED) is 0.137. The average molecular weight is 783 g/mol. The number of pyridine rings is 2. The van der Waals surface area contributed by atoms with Crippen molar-refractivity contribution >= 4 is 34.7 Å². The Morgan fingerprint density at radius 3 is 1.53 bits per heavy atom. The highest BCUT2D eigenvalue weighted by Gasteiger charge is 2.28. The lowest BCUT2D eigenvalue weighted by Crippen LogP contribution is -2.24. The van der Waals surface area contributed by atoms with Gasteiger partial charge in [-0.1, -0.05) is 60.7 Å². The number of aromatic nitrogens is 2. The minimum absolute atomic E-state index is 0.298. The minimum Gasteiger partial charge on any atom is -0.478 e. The van der Waals surface area contributed by atoms with E-state index in [1.54, 1.807) is 0 Å². The van der Waals surface area contributed by atoms with E-state index in [9.17, 15) is 14.7 Å². The molecule has 59 heavy (non-hydrogen) atoms. The molecule has 4 aromatic carbocycles. The van der Waals surface area contributed by atoms with Crippen molar-refractivity contribution in [2.75, 3.05) is 30.0 Å². The number of nitrogens with zero attached hydrogens (tertiary/aromatic N) is 4. The molecular formula is C51H50N4O4. The molecule has 4 heterocycles. The lowest BCUT2D eigenvalue weighted by molar-refractivity contribution is 0.0598. The Morgan fingerprint density at radius 2 is 1.08 bits per heavy atom. The largest absolute Gasteiger partial charge is 0.478 e. The first kappa shape index (κ1) is 38.2. The van der Waals surface area contributed by atoms with Crippen LogP contribution >= 0.6 is 0 Å². The fourth-order valence-electron chi connectivity index (χ4n) is 8.71. The van der Waals surface area contributed by atoms with Crippen LogP contribution in [0.3, 0.4) is 0 Å². The molecule has 2 aliphatic carbocycles. The second-order valence-electron chi connectivity index (χ2n) is 16.3. The fourth-order valence-corrected chi connectivity index (χ4v) is 8.71. The summed E-state index contributed by atoms with van der Waals surface area (Å²) in [5.41, 5.74) is 14.6. The average Bonchev–Trinajstić information content (AvgIpc) is 4.22. The normalized spacial score (nSPS) is 15.7. The zero-order valence-corrected chi connectivity index (χ0v) is 33.6. The number of anilines is 4. The summed E-state index contributed by atoms with van der Waals surface area (Å²) >= 11 is 0. The van der Waals surface area contributed by atoms with Crippen molar-refractivity contribution in [1.29, 1.82) is 0 Å². The number of carboxylic acids is 1. The monoisotopic (exact) mass is 782 g/mol. The van der Waals surface area contributed by atoms with E-state index >= 15 is 0 Å². The molecule has 0 radical (unpaired) electrons. The first-order valence-electron chi connectivity index (χ1n) is 21.1. The Bertz CT molecular complexity index is 2480. The minimum atomic E-state index is -0.886. The van der Waals surface area contributed by atoms with Crippen LogP contribution in [0.1, 0.15) is 116 Å². The zero-order valence-electron chi connectivity index (χ0n) is 33.6.